The van der Waals surface area contributed by atoms with E-state index < -0.39 is 0 Å². The molecule has 6 heteroatoms. The van der Waals surface area contributed by atoms with Crippen LogP contribution in [0, 0.1) is 0 Å². The van der Waals surface area contributed by atoms with E-state index in [9.17, 15) is 0 Å². The summed E-state index contributed by atoms with van der Waals surface area (Å²) in [5.41, 5.74) is 4.04. The Balaban J connectivity index is 1.33. The van der Waals surface area contributed by atoms with Crippen LogP contribution in [0.25, 0.3) is 33.7 Å². The Kier molecular flexibility index (Phi) is 4.96. The number of aromatic nitrogens is 3. The molecule has 0 atom stereocenters. The van der Waals surface area contributed by atoms with Gasteiger partial charge < -0.3 is 14.3 Å². The third kappa shape index (κ3) is 3.80. The zero-order valence-electron chi connectivity index (χ0n) is 18.1. The first kappa shape index (κ1) is 19.5. The molecular weight excluding hydrogens is 410 g/mol. The van der Waals surface area contributed by atoms with Crippen LogP contribution in [0.15, 0.2) is 95.5 Å². The fourth-order valence-electron chi connectivity index (χ4n) is 4.37. The molecule has 0 unspecified atom stereocenters. The van der Waals surface area contributed by atoms with Gasteiger partial charge in [0.1, 0.15) is 5.82 Å². The minimum absolute atomic E-state index is 0.511. The fourth-order valence-corrected chi connectivity index (χ4v) is 4.37. The highest BCUT2D eigenvalue weighted by molar-refractivity contribution is 5.94. The average Bonchev–Trinajstić information content (AvgIpc) is 3.39. The van der Waals surface area contributed by atoms with Gasteiger partial charge in [-0.25, -0.2) is 4.98 Å². The van der Waals surface area contributed by atoms with Gasteiger partial charge in [-0.1, -0.05) is 71.9 Å². The number of fused-ring (bicyclic) bond motifs is 1. The summed E-state index contributed by atoms with van der Waals surface area (Å²) in [6, 6.07) is 30.7. The fraction of sp³-hybridized carbons (Fsp3) is 0.148. The van der Waals surface area contributed by atoms with Gasteiger partial charge in [0.05, 0.1) is 11.1 Å². The van der Waals surface area contributed by atoms with E-state index in [4.69, 9.17) is 14.5 Å². The monoisotopic (exact) mass is 433 g/mol. The van der Waals surface area contributed by atoms with Gasteiger partial charge in [-0.05, 0) is 24.3 Å². The Labute approximate surface area is 192 Å². The van der Waals surface area contributed by atoms with Crippen LogP contribution in [0.3, 0.4) is 0 Å². The maximum Gasteiger partial charge on any atom is 0.259 e. The predicted octanol–water partition coefficient (Wildman–Crippen LogP) is 5.28. The van der Waals surface area contributed by atoms with E-state index in [0.29, 0.717) is 11.7 Å². The van der Waals surface area contributed by atoms with Crippen LogP contribution in [0.4, 0.5) is 11.5 Å². The number of pyridine rings is 1. The van der Waals surface area contributed by atoms with Crippen molar-refractivity contribution in [2.45, 2.75) is 0 Å². The van der Waals surface area contributed by atoms with Crippen molar-refractivity contribution < 1.29 is 4.52 Å². The van der Waals surface area contributed by atoms with Crippen molar-refractivity contribution in [2.24, 2.45) is 0 Å². The molecule has 0 aliphatic carbocycles. The highest BCUT2D eigenvalue weighted by Gasteiger charge is 2.21. The number of nitrogens with zero attached hydrogens (tertiary/aromatic N) is 5. The summed E-state index contributed by atoms with van der Waals surface area (Å²) >= 11 is 0. The van der Waals surface area contributed by atoms with Gasteiger partial charge in [-0.3, -0.25) is 0 Å². The molecule has 1 aliphatic rings. The summed E-state index contributed by atoms with van der Waals surface area (Å²) in [5.74, 6) is 2.04. The molecule has 162 valence electrons. The Bertz CT molecular complexity index is 1380. The van der Waals surface area contributed by atoms with E-state index >= 15 is 0 Å². The molecule has 6 nitrogen and oxygen atoms in total. The first-order valence-corrected chi connectivity index (χ1v) is 11.2. The Morgan fingerprint density at radius 2 is 1.33 bits per heavy atom. The van der Waals surface area contributed by atoms with Crippen LogP contribution in [-0.4, -0.2) is 41.3 Å². The lowest BCUT2D eigenvalue weighted by Gasteiger charge is -2.37. The third-order valence-electron chi connectivity index (χ3n) is 6.12. The van der Waals surface area contributed by atoms with Crippen molar-refractivity contribution in [1.29, 1.82) is 0 Å². The van der Waals surface area contributed by atoms with Gasteiger partial charge in [0.2, 0.25) is 5.82 Å². The molecule has 3 aromatic carbocycles. The smallest absolute Gasteiger partial charge is 0.259 e. The average molecular weight is 434 g/mol. The number of rotatable bonds is 4. The lowest BCUT2D eigenvalue weighted by atomic mass is 10.1. The minimum atomic E-state index is 0.511. The van der Waals surface area contributed by atoms with Crippen molar-refractivity contribution >= 4 is 22.4 Å². The molecule has 5 aromatic rings. The van der Waals surface area contributed by atoms with Gasteiger partial charge in [0.25, 0.3) is 5.89 Å². The van der Waals surface area contributed by atoms with Gasteiger partial charge in [-0.2, -0.15) is 4.98 Å². The molecule has 1 fully saturated rings. The Morgan fingerprint density at radius 3 is 2.12 bits per heavy atom. The second-order valence-corrected chi connectivity index (χ2v) is 8.14. The molecule has 2 aromatic heterocycles. The molecule has 0 bridgehead atoms. The first-order valence-electron chi connectivity index (χ1n) is 11.2. The molecule has 1 aliphatic heterocycles. The summed E-state index contributed by atoms with van der Waals surface area (Å²) < 4.78 is 5.71. The lowest BCUT2D eigenvalue weighted by Crippen LogP contribution is -2.46. The standard InChI is InChI=1S/C27H23N5O/c1-3-9-20(10-4-1)26-29-27(33-30-26)23-19-25(28-24-14-8-7-13-22(23)24)32-17-15-31(16-18-32)21-11-5-2-6-12-21/h1-14,19H,15-18H2. The van der Waals surface area contributed by atoms with Crippen LogP contribution in [0.1, 0.15) is 0 Å². The number of anilines is 2. The van der Waals surface area contributed by atoms with Crippen LogP contribution in [0.5, 0.6) is 0 Å². The third-order valence-corrected chi connectivity index (χ3v) is 6.12. The van der Waals surface area contributed by atoms with Crippen LogP contribution < -0.4 is 9.80 Å². The molecule has 33 heavy (non-hydrogen) atoms. The minimum Gasteiger partial charge on any atom is -0.368 e. The van der Waals surface area contributed by atoms with E-state index in [-0.39, 0.29) is 0 Å². The summed E-state index contributed by atoms with van der Waals surface area (Å²) in [5, 5.41) is 5.24. The summed E-state index contributed by atoms with van der Waals surface area (Å²) in [4.78, 5) is 14.4. The van der Waals surface area contributed by atoms with Gasteiger partial charge in [0.15, 0.2) is 0 Å². The molecular formula is C27H23N5O. The van der Waals surface area contributed by atoms with E-state index in [2.05, 4.69) is 57.4 Å². The van der Waals surface area contributed by atoms with Crippen molar-refractivity contribution in [3.8, 4) is 22.8 Å². The van der Waals surface area contributed by atoms with E-state index in [0.717, 1.165) is 54.0 Å². The maximum atomic E-state index is 5.71. The van der Waals surface area contributed by atoms with E-state index in [1.807, 2.05) is 48.5 Å². The zero-order chi connectivity index (χ0) is 22.0. The summed E-state index contributed by atoms with van der Waals surface area (Å²) in [7, 11) is 0. The Morgan fingerprint density at radius 1 is 0.667 bits per heavy atom. The molecule has 3 heterocycles. The zero-order valence-corrected chi connectivity index (χ0v) is 18.1. The van der Waals surface area contributed by atoms with E-state index in [1.54, 1.807) is 0 Å². The second kappa shape index (κ2) is 8.39. The van der Waals surface area contributed by atoms with Crippen LogP contribution in [0.2, 0.25) is 0 Å². The number of hydrogen-bond acceptors (Lipinski definition) is 6. The Hall–Kier alpha value is -4.19. The summed E-state index contributed by atoms with van der Waals surface area (Å²) in [6.07, 6.45) is 0. The first-order chi connectivity index (χ1) is 16.3. The van der Waals surface area contributed by atoms with Crippen LogP contribution >= 0.6 is 0 Å². The van der Waals surface area contributed by atoms with Crippen LogP contribution in [-0.2, 0) is 0 Å². The number of piperazine rings is 1. The molecule has 0 saturated carbocycles. The molecule has 6 rings (SSSR count). The van der Waals surface area contributed by atoms with Crippen molar-refractivity contribution in [3.63, 3.8) is 0 Å². The van der Waals surface area contributed by atoms with Gasteiger partial charge in [0, 0.05) is 42.8 Å². The molecule has 0 radical (unpaired) electrons. The normalized spacial score (nSPS) is 14.1. The maximum absolute atomic E-state index is 5.71. The van der Waals surface area contributed by atoms with Crippen molar-refractivity contribution in [1.82, 2.24) is 15.1 Å². The number of hydrogen-bond donors (Lipinski definition) is 0. The van der Waals surface area contributed by atoms with Crippen molar-refractivity contribution in [2.75, 3.05) is 36.0 Å². The molecule has 0 N–H and O–H groups in total. The van der Waals surface area contributed by atoms with Gasteiger partial charge >= 0.3 is 0 Å². The SMILES string of the molecule is c1ccc(-c2noc(-c3cc(N4CCN(c5ccccc5)CC4)nc4ccccc34)n2)cc1. The van der Waals surface area contributed by atoms with Crippen molar-refractivity contribution in [3.05, 3.63) is 91.0 Å². The highest BCUT2D eigenvalue weighted by Crippen LogP contribution is 2.32. The summed E-state index contributed by atoms with van der Waals surface area (Å²) in [6.45, 7) is 3.71. The van der Waals surface area contributed by atoms with E-state index in [1.165, 1.54) is 5.69 Å². The topological polar surface area (TPSA) is 58.3 Å². The quantitative estimate of drug-likeness (QED) is 0.384. The largest absolute Gasteiger partial charge is 0.368 e. The van der Waals surface area contributed by atoms with Gasteiger partial charge in [-0.15, -0.1) is 0 Å². The predicted molar refractivity (Wildman–Crippen MR) is 131 cm³/mol. The molecule has 0 amide bonds. The second-order valence-electron chi connectivity index (χ2n) is 8.14. The number of para-hydroxylation sites is 2. The number of benzene rings is 3. The molecule has 0 spiro atoms. The molecule has 1 saturated heterocycles. The lowest BCUT2D eigenvalue weighted by molar-refractivity contribution is 0.432. The highest BCUT2D eigenvalue weighted by atomic mass is 16.5.